The first-order chi connectivity index (χ1) is 16.5. The number of alkyl halides is 1. The molecule has 6 heterocycles. The van der Waals surface area contributed by atoms with E-state index in [1.807, 2.05) is 13.8 Å². The van der Waals surface area contributed by atoms with E-state index < -0.39 is 30.3 Å². The van der Waals surface area contributed by atoms with Crippen molar-refractivity contribution in [1.29, 1.82) is 0 Å². The molecule has 6 saturated heterocycles. The van der Waals surface area contributed by atoms with Crippen LogP contribution in [0.2, 0.25) is 0 Å². The minimum absolute atomic E-state index is 0.00627. The Labute approximate surface area is 211 Å². The Morgan fingerprint density at radius 1 is 0.657 bits per heavy atom. The molecule has 14 atom stereocenters. The Morgan fingerprint density at radius 3 is 1.46 bits per heavy atom. The number of aliphatic hydroxyl groups excluding tert-OH is 2. The van der Waals surface area contributed by atoms with Gasteiger partial charge in [-0.1, -0.05) is 32.4 Å². The van der Waals surface area contributed by atoms with Crippen molar-refractivity contribution in [2.45, 2.75) is 102 Å². The smallest absolute Gasteiger partial charge is 0.281 e. The maximum Gasteiger partial charge on any atom is 0.281 e. The average molecular weight is 527 g/mol. The molecule has 8 fully saturated rings. The minimum Gasteiger partial charge on any atom is -0.388 e. The third kappa shape index (κ3) is 5.00. The van der Waals surface area contributed by atoms with Crippen molar-refractivity contribution in [3.05, 3.63) is 0 Å². The molecule has 0 aromatic carbocycles. The standard InChI is InChI=1S/C12H20O5.C9H14O5.C2H5ClO/c1-6-8-7(2)10-11(14-5-13-4)9(6)16-12(3,15-8)17-10;1-3-6-4(10)8-5(11)7(3)13-9(2,12-6)14-8;1-4-2-3/h6-11H,5H2,1-4H3;3-8,10-11H,1-2H3;2H2,1H3/t6-,7?,8?,9+,10+,11?,12?;3?,4?,5?,6-,7?,8?,9?;/m01./s1. The normalized spacial score (nSPS) is 54.7. The van der Waals surface area contributed by atoms with Gasteiger partial charge in [-0.15, -0.1) is 0 Å². The summed E-state index contributed by atoms with van der Waals surface area (Å²) < 4.78 is 48.9. The highest BCUT2D eigenvalue weighted by Crippen LogP contribution is 2.51. The number of ether oxygens (including phenoxy) is 9. The fourth-order valence-electron chi connectivity index (χ4n) is 6.07. The number of hydrogen-bond acceptors (Lipinski definition) is 11. The van der Waals surface area contributed by atoms with E-state index in [-0.39, 0.29) is 49.3 Å². The molecule has 8 aliphatic rings. The zero-order valence-corrected chi connectivity index (χ0v) is 22.0. The van der Waals surface area contributed by atoms with Crippen LogP contribution >= 0.6 is 11.6 Å². The molecular formula is C23H39ClO11. The predicted octanol–water partition coefficient (Wildman–Crippen LogP) is 1.16. The number of hydrogen-bond donors (Lipinski definition) is 2. The van der Waals surface area contributed by atoms with Crippen molar-refractivity contribution in [2.24, 2.45) is 17.8 Å². The van der Waals surface area contributed by atoms with E-state index >= 15 is 0 Å². The van der Waals surface area contributed by atoms with Gasteiger partial charge in [-0.3, -0.25) is 0 Å². The van der Waals surface area contributed by atoms with Gasteiger partial charge in [-0.2, -0.15) is 0 Å². The predicted molar refractivity (Wildman–Crippen MR) is 120 cm³/mol. The molecule has 35 heavy (non-hydrogen) atoms. The van der Waals surface area contributed by atoms with Crippen molar-refractivity contribution in [2.75, 3.05) is 27.1 Å². The molecular weight excluding hydrogens is 488 g/mol. The Morgan fingerprint density at radius 2 is 1.03 bits per heavy atom. The zero-order valence-electron chi connectivity index (χ0n) is 21.3. The SMILES string of the molecule is CC1C2OC3(C)OC(C2O)C(O)[C@@H]1O3.COCCl.COCOC1[C@@H]2OC3(C)OC(C2C)[C@H](C)[C@H]1O3. The largest absolute Gasteiger partial charge is 0.388 e. The number of rotatable bonds is 4. The molecule has 2 saturated carbocycles. The molecule has 0 amide bonds. The molecule has 0 aromatic heterocycles. The summed E-state index contributed by atoms with van der Waals surface area (Å²) in [5, 5.41) is 19.6. The number of aliphatic hydroxyl groups is 2. The monoisotopic (exact) mass is 526 g/mol. The summed E-state index contributed by atoms with van der Waals surface area (Å²) in [6.07, 6.45) is -2.47. The van der Waals surface area contributed by atoms with E-state index in [1.165, 1.54) is 0 Å². The van der Waals surface area contributed by atoms with E-state index in [0.717, 1.165) is 0 Å². The average Bonchev–Trinajstić information content (AvgIpc) is 2.83. The van der Waals surface area contributed by atoms with Gasteiger partial charge in [-0.25, -0.2) is 0 Å². The second-order valence-corrected chi connectivity index (χ2v) is 10.4. The van der Waals surface area contributed by atoms with Crippen LogP contribution in [0.25, 0.3) is 0 Å². The lowest BCUT2D eigenvalue weighted by Gasteiger charge is -2.62. The van der Waals surface area contributed by atoms with Gasteiger partial charge in [0.15, 0.2) is 0 Å². The van der Waals surface area contributed by atoms with Gasteiger partial charge in [0.1, 0.15) is 37.3 Å². The van der Waals surface area contributed by atoms with Gasteiger partial charge < -0.3 is 52.8 Å². The second kappa shape index (κ2) is 10.5. The van der Waals surface area contributed by atoms with E-state index in [1.54, 1.807) is 21.1 Å². The molecule has 12 heteroatoms. The van der Waals surface area contributed by atoms with E-state index in [0.29, 0.717) is 17.9 Å². The molecule has 8 bridgehead atoms. The maximum atomic E-state index is 9.82. The fraction of sp³-hybridized carbons (Fsp3) is 1.00. The van der Waals surface area contributed by atoms with Gasteiger partial charge in [0.05, 0.1) is 30.5 Å². The van der Waals surface area contributed by atoms with E-state index in [9.17, 15) is 10.2 Å². The Bertz CT molecular complexity index is 653. The van der Waals surface area contributed by atoms with Crippen LogP contribution in [0, 0.1) is 17.8 Å². The zero-order chi connectivity index (χ0) is 25.7. The molecule has 10 unspecified atom stereocenters. The van der Waals surface area contributed by atoms with Gasteiger partial charge in [0.25, 0.3) is 11.9 Å². The second-order valence-electron chi connectivity index (χ2n) is 10.2. The van der Waals surface area contributed by atoms with Crippen molar-refractivity contribution in [3.63, 3.8) is 0 Å². The van der Waals surface area contributed by atoms with E-state index in [2.05, 4.69) is 18.6 Å². The van der Waals surface area contributed by atoms with Crippen molar-refractivity contribution < 1.29 is 52.8 Å². The summed E-state index contributed by atoms with van der Waals surface area (Å²) in [7, 11) is 3.17. The Kier molecular flexibility index (Phi) is 8.40. The van der Waals surface area contributed by atoms with Crippen LogP contribution in [0.15, 0.2) is 0 Å². The van der Waals surface area contributed by atoms with Crippen molar-refractivity contribution in [1.82, 2.24) is 0 Å². The lowest BCUT2D eigenvalue weighted by atomic mass is 9.72. The molecule has 204 valence electrons. The van der Waals surface area contributed by atoms with Gasteiger partial charge in [0.2, 0.25) is 0 Å². The van der Waals surface area contributed by atoms with Gasteiger partial charge in [-0.05, 0) is 0 Å². The highest BCUT2D eigenvalue weighted by molar-refractivity contribution is 6.17. The van der Waals surface area contributed by atoms with Crippen LogP contribution in [-0.4, -0.2) is 104 Å². The van der Waals surface area contributed by atoms with Crippen LogP contribution in [0.5, 0.6) is 0 Å². The lowest BCUT2D eigenvalue weighted by molar-refractivity contribution is -0.527. The molecule has 2 N–H and O–H groups in total. The fourth-order valence-corrected chi connectivity index (χ4v) is 6.07. The van der Waals surface area contributed by atoms with Crippen molar-refractivity contribution >= 4 is 11.6 Å². The third-order valence-electron chi connectivity index (χ3n) is 7.69. The number of halogens is 1. The summed E-state index contributed by atoms with van der Waals surface area (Å²) in [5.74, 6) is -1.33. The molecule has 0 radical (unpaired) electrons. The summed E-state index contributed by atoms with van der Waals surface area (Å²) in [6, 6.07) is 0.292. The van der Waals surface area contributed by atoms with Crippen molar-refractivity contribution in [3.8, 4) is 0 Å². The molecule has 6 aliphatic heterocycles. The molecule has 0 spiro atoms. The summed E-state index contributed by atoms with van der Waals surface area (Å²) in [5.41, 5.74) is 0. The Balaban J connectivity index is 0.000000145. The topological polar surface area (TPSA) is 124 Å². The number of methoxy groups -OCH3 is 2. The summed E-state index contributed by atoms with van der Waals surface area (Å²) in [4.78, 5) is 0. The highest BCUT2D eigenvalue weighted by atomic mass is 35.5. The van der Waals surface area contributed by atoms with Crippen LogP contribution in [0.4, 0.5) is 0 Å². The lowest BCUT2D eigenvalue weighted by Crippen LogP contribution is -2.75. The molecule has 0 aromatic rings. The maximum absolute atomic E-state index is 9.82. The van der Waals surface area contributed by atoms with Gasteiger partial charge in [0, 0.05) is 45.8 Å². The summed E-state index contributed by atoms with van der Waals surface area (Å²) >= 11 is 4.96. The van der Waals surface area contributed by atoms with Crippen LogP contribution in [-0.2, 0) is 42.6 Å². The van der Waals surface area contributed by atoms with Crippen LogP contribution in [0.1, 0.15) is 34.6 Å². The molecule has 8 rings (SSSR count). The third-order valence-corrected chi connectivity index (χ3v) is 7.91. The van der Waals surface area contributed by atoms with Gasteiger partial charge >= 0.3 is 0 Å². The summed E-state index contributed by atoms with van der Waals surface area (Å²) in [6.45, 7) is 9.98. The van der Waals surface area contributed by atoms with Crippen LogP contribution < -0.4 is 0 Å². The molecule has 11 nitrogen and oxygen atoms in total. The quantitative estimate of drug-likeness (QED) is 0.405. The van der Waals surface area contributed by atoms with Crippen LogP contribution in [0.3, 0.4) is 0 Å². The first-order valence-corrected chi connectivity index (χ1v) is 12.6. The first-order valence-electron chi connectivity index (χ1n) is 12.1. The Hall–Kier alpha value is -0.150. The highest BCUT2D eigenvalue weighted by Gasteiger charge is 2.65. The minimum atomic E-state index is -1.08. The van der Waals surface area contributed by atoms with E-state index in [4.69, 9.17) is 49.5 Å². The first kappa shape index (κ1) is 27.9. The molecule has 2 aliphatic carbocycles.